The van der Waals surface area contributed by atoms with Gasteiger partial charge in [-0.05, 0) is 46.3 Å². The average Bonchev–Trinajstić information content (AvgIpc) is 2.74. The van der Waals surface area contributed by atoms with Crippen LogP contribution in [0.25, 0.3) is 16.7 Å². The minimum absolute atomic E-state index is 0.0111. The number of fused-ring (bicyclic) bond motifs is 1. The predicted octanol–water partition coefficient (Wildman–Crippen LogP) is 3.79. The quantitative estimate of drug-likeness (QED) is 0.731. The van der Waals surface area contributed by atoms with Gasteiger partial charge in [-0.1, -0.05) is 0 Å². The van der Waals surface area contributed by atoms with E-state index in [1.54, 1.807) is 0 Å². The molecular formula is C13H7BrF3N3. The molecule has 1 aromatic heterocycles. The number of aromatic nitrogens is 2. The Morgan fingerprint density at radius 1 is 1.05 bits per heavy atom. The first kappa shape index (κ1) is 13.0. The number of imidazole rings is 1. The van der Waals surface area contributed by atoms with Crippen LogP contribution in [0.15, 0.2) is 34.8 Å². The van der Waals surface area contributed by atoms with Crippen LogP contribution in [0, 0.1) is 17.5 Å². The molecule has 0 spiro atoms. The molecule has 2 aromatic carbocycles. The summed E-state index contributed by atoms with van der Waals surface area (Å²) >= 11 is 3.04. The molecule has 20 heavy (non-hydrogen) atoms. The van der Waals surface area contributed by atoms with Crippen LogP contribution in [0.4, 0.5) is 19.1 Å². The Hall–Kier alpha value is -2.02. The van der Waals surface area contributed by atoms with Crippen molar-refractivity contribution in [1.82, 2.24) is 9.55 Å². The smallest absolute Gasteiger partial charge is 0.206 e. The highest BCUT2D eigenvalue weighted by molar-refractivity contribution is 9.10. The van der Waals surface area contributed by atoms with E-state index >= 15 is 0 Å². The molecule has 3 aromatic rings. The number of hydrogen-bond donors (Lipinski definition) is 1. The number of anilines is 1. The molecule has 0 bridgehead atoms. The second kappa shape index (κ2) is 4.52. The summed E-state index contributed by atoms with van der Waals surface area (Å²) in [7, 11) is 0. The minimum Gasteiger partial charge on any atom is -0.369 e. The Morgan fingerprint density at radius 3 is 2.45 bits per heavy atom. The molecule has 2 N–H and O–H groups in total. The average molecular weight is 342 g/mol. The van der Waals surface area contributed by atoms with E-state index in [4.69, 9.17) is 5.73 Å². The fourth-order valence-corrected chi connectivity index (χ4v) is 2.37. The van der Waals surface area contributed by atoms with Gasteiger partial charge >= 0.3 is 0 Å². The number of hydrogen-bond acceptors (Lipinski definition) is 2. The molecule has 0 radical (unpaired) electrons. The monoisotopic (exact) mass is 341 g/mol. The van der Waals surface area contributed by atoms with Gasteiger partial charge in [-0.25, -0.2) is 18.2 Å². The number of benzene rings is 2. The maximum atomic E-state index is 14.0. The molecule has 102 valence electrons. The molecule has 1 heterocycles. The zero-order valence-corrected chi connectivity index (χ0v) is 11.5. The van der Waals surface area contributed by atoms with Gasteiger partial charge in [0.05, 0.1) is 15.7 Å². The lowest BCUT2D eigenvalue weighted by Gasteiger charge is -2.08. The van der Waals surface area contributed by atoms with Crippen LogP contribution in [0.1, 0.15) is 0 Å². The van der Waals surface area contributed by atoms with Crippen LogP contribution in [-0.4, -0.2) is 9.55 Å². The molecule has 0 saturated carbocycles. The fourth-order valence-electron chi connectivity index (χ4n) is 2.01. The van der Waals surface area contributed by atoms with Crippen molar-refractivity contribution in [2.24, 2.45) is 0 Å². The lowest BCUT2D eigenvalue weighted by molar-refractivity contribution is 0.514. The van der Waals surface area contributed by atoms with Crippen LogP contribution in [0.5, 0.6) is 0 Å². The second-order valence-corrected chi connectivity index (χ2v) is 4.99. The SMILES string of the molecule is Nc1nc2ccc(F)c(F)c2n1-c1ccc(F)c(Br)c1. The fraction of sp³-hybridized carbons (Fsp3) is 0. The van der Waals surface area contributed by atoms with Gasteiger partial charge in [0.1, 0.15) is 11.3 Å². The van der Waals surface area contributed by atoms with E-state index in [1.165, 1.54) is 28.8 Å². The summed E-state index contributed by atoms with van der Waals surface area (Å²) in [5, 5.41) is 0. The van der Waals surface area contributed by atoms with Crippen molar-refractivity contribution in [2.75, 3.05) is 5.73 Å². The normalized spacial score (nSPS) is 11.2. The summed E-state index contributed by atoms with van der Waals surface area (Å²) in [5.74, 6) is -2.53. The van der Waals surface area contributed by atoms with E-state index < -0.39 is 17.5 Å². The molecule has 7 heteroatoms. The lowest BCUT2D eigenvalue weighted by Crippen LogP contribution is -2.02. The zero-order chi connectivity index (χ0) is 14.4. The van der Waals surface area contributed by atoms with Crippen molar-refractivity contribution in [3.8, 4) is 5.69 Å². The Kier molecular flexibility index (Phi) is 2.93. The van der Waals surface area contributed by atoms with Gasteiger partial charge in [0, 0.05) is 0 Å². The third kappa shape index (κ3) is 1.85. The molecule has 0 aliphatic rings. The molecule has 0 aliphatic carbocycles. The Bertz CT molecular complexity index is 829. The lowest BCUT2D eigenvalue weighted by atomic mass is 10.2. The first-order valence-corrected chi connectivity index (χ1v) is 6.35. The molecule has 0 saturated heterocycles. The van der Waals surface area contributed by atoms with E-state index in [0.29, 0.717) is 5.69 Å². The molecule has 0 aliphatic heterocycles. The summed E-state index contributed by atoms with van der Waals surface area (Å²) in [6, 6.07) is 6.33. The maximum absolute atomic E-state index is 14.0. The van der Waals surface area contributed by atoms with Crippen LogP contribution in [-0.2, 0) is 0 Å². The maximum Gasteiger partial charge on any atom is 0.206 e. The van der Waals surface area contributed by atoms with E-state index in [9.17, 15) is 13.2 Å². The number of nitrogen functional groups attached to an aromatic ring is 1. The van der Waals surface area contributed by atoms with Crippen LogP contribution in [0.2, 0.25) is 0 Å². The standard InChI is InChI=1S/C13H7BrF3N3/c14-7-5-6(1-2-8(7)15)20-12-10(19-13(20)18)4-3-9(16)11(12)17/h1-5H,(H2,18,19). The predicted molar refractivity (Wildman–Crippen MR) is 73.1 cm³/mol. The summed E-state index contributed by atoms with van der Waals surface area (Å²) in [5.41, 5.74) is 6.27. The molecular weight excluding hydrogens is 335 g/mol. The molecule has 0 atom stereocenters. The summed E-state index contributed by atoms with van der Waals surface area (Å²) in [6.07, 6.45) is 0. The first-order chi connectivity index (χ1) is 9.49. The highest BCUT2D eigenvalue weighted by Gasteiger charge is 2.17. The van der Waals surface area contributed by atoms with Crippen molar-refractivity contribution in [3.05, 3.63) is 52.3 Å². The zero-order valence-electron chi connectivity index (χ0n) is 9.87. The van der Waals surface area contributed by atoms with Gasteiger partial charge in [-0.3, -0.25) is 4.57 Å². The Labute approximate surface area is 120 Å². The van der Waals surface area contributed by atoms with Crippen LogP contribution < -0.4 is 5.73 Å². The number of halogens is 4. The number of nitrogens with two attached hydrogens (primary N) is 1. The van der Waals surface area contributed by atoms with Crippen LogP contribution in [0.3, 0.4) is 0 Å². The Morgan fingerprint density at radius 2 is 1.75 bits per heavy atom. The molecule has 3 nitrogen and oxygen atoms in total. The third-order valence-corrected chi connectivity index (χ3v) is 3.50. The molecule has 0 unspecified atom stereocenters. The van der Waals surface area contributed by atoms with Crippen molar-refractivity contribution in [2.45, 2.75) is 0 Å². The van der Waals surface area contributed by atoms with Crippen molar-refractivity contribution in [1.29, 1.82) is 0 Å². The summed E-state index contributed by atoms with van der Waals surface area (Å²) < 4.78 is 42.0. The van der Waals surface area contributed by atoms with Gasteiger partial charge in [0.2, 0.25) is 5.95 Å². The summed E-state index contributed by atoms with van der Waals surface area (Å²) in [6.45, 7) is 0. The largest absolute Gasteiger partial charge is 0.369 e. The third-order valence-electron chi connectivity index (χ3n) is 2.90. The van der Waals surface area contributed by atoms with Gasteiger partial charge in [0.25, 0.3) is 0 Å². The van der Waals surface area contributed by atoms with Crippen molar-refractivity contribution >= 4 is 32.9 Å². The van der Waals surface area contributed by atoms with Crippen molar-refractivity contribution in [3.63, 3.8) is 0 Å². The summed E-state index contributed by atoms with van der Waals surface area (Å²) in [4.78, 5) is 3.97. The van der Waals surface area contributed by atoms with E-state index in [0.717, 1.165) is 6.07 Å². The highest BCUT2D eigenvalue weighted by Crippen LogP contribution is 2.28. The van der Waals surface area contributed by atoms with Gasteiger partial charge in [-0.2, -0.15) is 0 Å². The van der Waals surface area contributed by atoms with Crippen LogP contribution >= 0.6 is 15.9 Å². The first-order valence-electron chi connectivity index (χ1n) is 5.56. The van der Waals surface area contributed by atoms with Gasteiger partial charge in [0.15, 0.2) is 11.6 Å². The topological polar surface area (TPSA) is 43.8 Å². The number of rotatable bonds is 1. The Balaban J connectivity index is 2.38. The van der Waals surface area contributed by atoms with Gasteiger partial charge in [-0.15, -0.1) is 0 Å². The van der Waals surface area contributed by atoms with Gasteiger partial charge < -0.3 is 5.73 Å². The molecule has 0 fully saturated rings. The van der Waals surface area contributed by atoms with E-state index in [2.05, 4.69) is 20.9 Å². The number of nitrogens with zero attached hydrogens (tertiary/aromatic N) is 2. The highest BCUT2D eigenvalue weighted by atomic mass is 79.9. The van der Waals surface area contributed by atoms with E-state index in [-0.39, 0.29) is 21.5 Å². The van der Waals surface area contributed by atoms with E-state index in [1.807, 2.05) is 0 Å². The molecule has 0 amide bonds. The minimum atomic E-state index is -1.05. The second-order valence-electron chi connectivity index (χ2n) is 4.13. The van der Waals surface area contributed by atoms with Crippen molar-refractivity contribution < 1.29 is 13.2 Å². The molecule has 3 rings (SSSR count).